The van der Waals surface area contributed by atoms with Gasteiger partial charge in [-0.05, 0) is 32.0 Å². The van der Waals surface area contributed by atoms with Crippen molar-refractivity contribution < 1.29 is 14.6 Å². The molecule has 3 rings (SSSR count). The monoisotopic (exact) mass is 432 g/mol. The Morgan fingerprint density at radius 3 is 2.52 bits per heavy atom. The van der Waals surface area contributed by atoms with Gasteiger partial charge >= 0.3 is 5.97 Å². The Balaban J connectivity index is 2.44. The summed E-state index contributed by atoms with van der Waals surface area (Å²) in [5.74, 6) is -1.00. The van der Waals surface area contributed by atoms with Crippen LogP contribution in [0.15, 0.2) is 41.2 Å². The van der Waals surface area contributed by atoms with Crippen LogP contribution in [0, 0.1) is 6.92 Å². The molecule has 0 amide bonds. The number of nitrogens with zero attached hydrogens (tertiary/aromatic N) is 2. The summed E-state index contributed by atoms with van der Waals surface area (Å²) in [5.41, 5.74) is 0.933. The van der Waals surface area contributed by atoms with Gasteiger partial charge in [-0.1, -0.05) is 35.3 Å². The number of pyridine rings is 2. The van der Waals surface area contributed by atoms with Crippen molar-refractivity contribution in [3.05, 3.63) is 67.9 Å². The third kappa shape index (κ3) is 3.73. The maximum Gasteiger partial charge on any atom is 0.341 e. The molecule has 29 heavy (non-hydrogen) atoms. The molecular formula is C21H18Cl2N2O4. The smallest absolute Gasteiger partial charge is 0.341 e. The second-order valence-corrected chi connectivity index (χ2v) is 7.07. The van der Waals surface area contributed by atoms with Crippen LogP contribution in [0.3, 0.4) is 0 Å². The molecule has 0 unspecified atom stereocenters. The van der Waals surface area contributed by atoms with Gasteiger partial charge in [0.2, 0.25) is 11.3 Å². The van der Waals surface area contributed by atoms with Gasteiger partial charge < -0.3 is 14.4 Å². The van der Waals surface area contributed by atoms with Crippen molar-refractivity contribution in [1.29, 1.82) is 0 Å². The minimum atomic E-state index is -1.33. The number of aromatic carboxylic acids is 1. The molecule has 6 nitrogen and oxygen atoms in total. The molecule has 3 aromatic rings. The Bertz CT molecular complexity index is 1170. The lowest BCUT2D eigenvalue weighted by atomic mass is 9.98. The number of carboxylic acids is 1. The summed E-state index contributed by atoms with van der Waals surface area (Å²) in [7, 11) is 1.47. The van der Waals surface area contributed by atoms with Crippen molar-refractivity contribution in [2.75, 3.05) is 7.11 Å². The van der Waals surface area contributed by atoms with Gasteiger partial charge in [-0.15, -0.1) is 0 Å². The first-order valence-corrected chi connectivity index (χ1v) is 9.53. The van der Waals surface area contributed by atoms with Gasteiger partial charge in [0.15, 0.2) is 0 Å². The van der Waals surface area contributed by atoms with E-state index in [0.717, 1.165) is 0 Å². The molecule has 150 valence electrons. The van der Waals surface area contributed by atoms with E-state index < -0.39 is 11.4 Å². The van der Waals surface area contributed by atoms with E-state index in [1.807, 2.05) is 6.92 Å². The third-order valence-corrected chi connectivity index (χ3v) is 5.38. The molecule has 0 radical (unpaired) electrons. The highest BCUT2D eigenvalue weighted by atomic mass is 35.5. The SMILES string of the molecule is CCn1c(C)c(-c2cccc(OC)n2)c(=O)c(C(=O)O)c1-c1ccc(Cl)c(Cl)c1. The Hall–Kier alpha value is -2.83. The number of halogens is 2. The standard InChI is InChI=1S/C21H18Cl2N2O4/c1-4-25-11(2)17(15-6-5-7-16(24-15)29-3)20(26)18(21(27)28)19(25)12-8-9-13(22)14(23)10-12/h5-10H,4H2,1-3H3,(H,27,28). The van der Waals surface area contributed by atoms with Crippen molar-refractivity contribution in [3.63, 3.8) is 0 Å². The van der Waals surface area contributed by atoms with E-state index in [0.29, 0.717) is 34.4 Å². The summed E-state index contributed by atoms with van der Waals surface area (Å²) in [6.07, 6.45) is 0. The fraction of sp³-hybridized carbons (Fsp3) is 0.190. The zero-order valence-corrected chi connectivity index (χ0v) is 17.5. The molecule has 0 aliphatic rings. The van der Waals surface area contributed by atoms with Crippen LogP contribution in [0.25, 0.3) is 22.5 Å². The van der Waals surface area contributed by atoms with E-state index in [2.05, 4.69) is 4.98 Å². The van der Waals surface area contributed by atoms with Gasteiger partial charge in [0.05, 0.1) is 34.1 Å². The van der Waals surface area contributed by atoms with Gasteiger partial charge in [0.1, 0.15) is 5.56 Å². The van der Waals surface area contributed by atoms with Crippen molar-refractivity contribution in [1.82, 2.24) is 9.55 Å². The molecule has 8 heteroatoms. The molecule has 0 bridgehead atoms. The molecule has 1 aromatic carbocycles. The predicted octanol–water partition coefficient (Wildman–Crippen LogP) is 4.92. The van der Waals surface area contributed by atoms with Gasteiger partial charge in [0, 0.05) is 23.9 Å². The first kappa shape index (κ1) is 20.9. The second kappa shape index (κ2) is 8.27. The molecule has 0 fully saturated rings. The van der Waals surface area contributed by atoms with Gasteiger partial charge in [-0.3, -0.25) is 4.79 Å². The molecular weight excluding hydrogens is 415 g/mol. The average Bonchev–Trinajstić information content (AvgIpc) is 2.69. The van der Waals surface area contributed by atoms with Crippen LogP contribution >= 0.6 is 23.2 Å². The maximum absolute atomic E-state index is 13.3. The first-order valence-electron chi connectivity index (χ1n) is 8.77. The van der Waals surface area contributed by atoms with E-state index >= 15 is 0 Å². The van der Waals surface area contributed by atoms with Gasteiger partial charge in [-0.2, -0.15) is 0 Å². The molecule has 0 aliphatic heterocycles. The first-order chi connectivity index (χ1) is 13.8. The highest BCUT2D eigenvalue weighted by Crippen LogP contribution is 2.32. The minimum Gasteiger partial charge on any atom is -0.481 e. The molecule has 0 atom stereocenters. The summed E-state index contributed by atoms with van der Waals surface area (Å²) >= 11 is 12.1. The van der Waals surface area contributed by atoms with Crippen LogP contribution in [0.4, 0.5) is 0 Å². The molecule has 2 heterocycles. The lowest BCUT2D eigenvalue weighted by Gasteiger charge is -2.21. The van der Waals surface area contributed by atoms with E-state index in [-0.39, 0.29) is 21.8 Å². The second-order valence-electron chi connectivity index (χ2n) is 6.26. The van der Waals surface area contributed by atoms with E-state index in [9.17, 15) is 14.7 Å². The fourth-order valence-corrected chi connectivity index (χ4v) is 3.64. The predicted molar refractivity (Wildman–Crippen MR) is 113 cm³/mol. The number of hydrogen-bond donors (Lipinski definition) is 1. The van der Waals surface area contributed by atoms with Crippen molar-refractivity contribution in [3.8, 4) is 28.4 Å². The maximum atomic E-state index is 13.3. The van der Waals surface area contributed by atoms with E-state index in [4.69, 9.17) is 27.9 Å². The Kier molecular flexibility index (Phi) is 5.96. The summed E-state index contributed by atoms with van der Waals surface area (Å²) in [6, 6.07) is 9.77. The normalized spacial score (nSPS) is 10.8. The average molecular weight is 433 g/mol. The van der Waals surface area contributed by atoms with Crippen LogP contribution < -0.4 is 10.2 Å². The highest BCUT2D eigenvalue weighted by molar-refractivity contribution is 6.42. The molecule has 2 aromatic heterocycles. The number of methoxy groups -OCH3 is 1. The van der Waals surface area contributed by atoms with Crippen LogP contribution in [0.2, 0.25) is 10.0 Å². The van der Waals surface area contributed by atoms with E-state index in [1.165, 1.54) is 7.11 Å². The van der Waals surface area contributed by atoms with Gasteiger partial charge in [0.25, 0.3) is 0 Å². The van der Waals surface area contributed by atoms with Crippen LogP contribution in [-0.2, 0) is 6.54 Å². The lowest BCUT2D eigenvalue weighted by molar-refractivity contribution is 0.0695. The molecule has 0 saturated carbocycles. The van der Waals surface area contributed by atoms with Crippen LogP contribution in [-0.4, -0.2) is 27.7 Å². The largest absolute Gasteiger partial charge is 0.481 e. The van der Waals surface area contributed by atoms with Crippen LogP contribution in [0.1, 0.15) is 23.0 Å². The van der Waals surface area contributed by atoms with Crippen molar-refractivity contribution in [2.45, 2.75) is 20.4 Å². The van der Waals surface area contributed by atoms with Crippen molar-refractivity contribution in [2.24, 2.45) is 0 Å². The molecule has 0 aliphatic carbocycles. The highest BCUT2D eigenvalue weighted by Gasteiger charge is 2.26. The Labute approximate surface area is 177 Å². The number of aromatic nitrogens is 2. The summed E-state index contributed by atoms with van der Waals surface area (Å²) in [5, 5.41) is 10.5. The molecule has 0 spiro atoms. The number of ether oxygens (including phenoxy) is 1. The van der Waals surface area contributed by atoms with Crippen LogP contribution in [0.5, 0.6) is 5.88 Å². The number of carboxylic acid groups (broad SMARTS) is 1. The summed E-state index contributed by atoms with van der Waals surface area (Å²) < 4.78 is 6.91. The van der Waals surface area contributed by atoms with Crippen molar-refractivity contribution >= 4 is 29.2 Å². The Morgan fingerprint density at radius 1 is 1.21 bits per heavy atom. The number of benzene rings is 1. The number of rotatable bonds is 5. The van der Waals surface area contributed by atoms with E-state index in [1.54, 1.807) is 47.9 Å². The quantitative estimate of drug-likeness (QED) is 0.618. The van der Waals surface area contributed by atoms with Gasteiger partial charge in [-0.25, -0.2) is 9.78 Å². The zero-order chi connectivity index (χ0) is 21.3. The third-order valence-electron chi connectivity index (χ3n) is 4.64. The lowest BCUT2D eigenvalue weighted by Crippen LogP contribution is -2.25. The zero-order valence-electron chi connectivity index (χ0n) is 16.0. The molecule has 1 N–H and O–H groups in total. The summed E-state index contributed by atoms with van der Waals surface area (Å²) in [6.45, 7) is 4.06. The fourth-order valence-electron chi connectivity index (χ4n) is 3.34. The summed E-state index contributed by atoms with van der Waals surface area (Å²) in [4.78, 5) is 29.8. The molecule has 0 saturated heterocycles. The number of carbonyl (C=O) groups is 1. The minimum absolute atomic E-state index is 0.215. The topological polar surface area (TPSA) is 81.4 Å². The number of hydrogen-bond acceptors (Lipinski definition) is 4. The Morgan fingerprint density at radius 2 is 1.93 bits per heavy atom.